The number of fused-ring (bicyclic) bond motifs is 8. The number of benzene rings is 4. The molecule has 12 atom stereocenters. The number of halogens is 1. The largest absolute Gasteiger partial charge is 0.508 e. The Morgan fingerprint density at radius 3 is 0.773 bits per heavy atom. The molecule has 75 heavy (non-hydrogen) atoms. The van der Waals surface area contributed by atoms with E-state index >= 15 is 0 Å². The van der Waals surface area contributed by atoms with Gasteiger partial charge in [0.15, 0.2) is 0 Å². The molecule has 8 aliphatic carbocycles. The van der Waals surface area contributed by atoms with Crippen LogP contribution in [0.1, 0.15) is 142 Å². The van der Waals surface area contributed by atoms with E-state index in [0.717, 1.165) is 73.6 Å². The molecule has 4 fully saturated rings. The number of carbonyl (C=O) groups excluding carboxylic acids is 4. The maximum absolute atomic E-state index is 12.0. The van der Waals surface area contributed by atoms with Crippen LogP contribution in [0, 0.1) is 47.3 Å². The fourth-order valence-corrected chi connectivity index (χ4v) is 15.1. The molecule has 13 heteroatoms. The van der Waals surface area contributed by atoms with E-state index in [1.807, 2.05) is 76.2 Å². The van der Waals surface area contributed by atoms with E-state index in [2.05, 4.69) is 27.7 Å². The van der Waals surface area contributed by atoms with E-state index < -0.39 is 0 Å². The summed E-state index contributed by atoms with van der Waals surface area (Å²) in [5, 5.41) is 38.6. The van der Waals surface area contributed by atoms with Gasteiger partial charge in [-0.3, -0.25) is 23.9 Å². The summed E-state index contributed by atoms with van der Waals surface area (Å²) in [5.41, 5.74) is 9.44. The van der Waals surface area contributed by atoms with Crippen molar-refractivity contribution in [3.05, 3.63) is 117 Å². The SMILES string of the molecule is C.C.CCOC(=O)[C@@H]1[C@@H](C)[C@]12CCc1ccc(O)cc12.CCOC(=O)[C@@H]1[C@H](C)[C@]12CCc1ccc(O)cc12.CCOC(=O)[C@H]1[C@H](C)[C@@]12CCc1ccc(O)cc12.CCOC(=O)[C@H]1[C@H](C)[C@]12CCc1ccc(O)cc12.F.[HH]. The third kappa shape index (κ3) is 9.31. The first kappa shape index (κ1) is 58.2. The molecule has 4 N–H and O–H groups in total. The van der Waals surface area contributed by atoms with Crippen LogP contribution in [0.4, 0.5) is 4.70 Å². The first-order valence-electron chi connectivity index (χ1n) is 26.4. The molecule has 0 bridgehead atoms. The summed E-state index contributed by atoms with van der Waals surface area (Å²) >= 11 is 0. The third-order valence-corrected chi connectivity index (χ3v) is 18.8. The van der Waals surface area contributed by atoms with Gasteiger partial charge in [0.25, 0.3) is 0 Å². The van der Waals surface area contributed by atoms with Crippen LogP contribution >= 0.6 is 0 Å². The van der Waals surface area contributed by atoms with Gasteiger partial charge < -0.3 is 39.4 Å². The molecule has 0 aromatic heterocycles. The van der Waals surface area contributed by atoms with Crippen molar-refractivity contribution in [1.29, 1.82) is 0 Å². The van der Waals surface area contributed by atoms with Gasteiger partial charge in [-0.15, -0.1) is 0 Å². The number of phenolic OH excluding ortho intramolecular Hbond substituents is 4. The predicted molar refractivity (Wildman–Crippen MR) is 288 cm³/mol. The highest BCUT2D eigenvalue weighted by atomic mass is 19.0. The lowest BCUT2D eigenvalue weighted by molar-refractivity contribution is -0.146. The van der Waals surface area contributed by atoms with Crippen molar-refractivity contribution in [1.82, 2.24) is 0 Å². The molecule has 4 aromatic rings. The molecule has 410 valence electrons. The number of hydrogen-bond acceptors (Lipinski definition) is 12. The van der Waals surface area contributed by atoms with Crippen LogP contribution < -0.4 is 0 Å². The van der Waals surface area contributed by atoms with Gasteiger partial charge in [-0.1, -0.05) is 66.8 Å². The van der Waals surface area contributed by atoms with Crippen molar-refractivity contribution in [2.75, 3.05) is 26.4 Å². The molecule has 8 aliphatic rings. The zero-order chi connectivity index (χ0) is 51.7. The first-order chi connectivity index (χ1) is 34.4. The average molecular weight is 1040 g/mol. The fourth-order valence-electron chi connectivity index (χ4n) is 15.1. The van der Waals surface area contributed by atoms with E-state index in [9.17, 15) is 39.6 Å². The number of aromatic hydroxyl groups is 4. The lowest BCUT2D eigenvalue weighted by Gasteiger charge is -2.11. The second-order valence-corrected chi connectivity index (χ2v) is 21.6. The normalized spacial score (nSPS) is 31.0. The van der Waals surface area contributed by atoms with E-state index in [0.29, 0.717) is 50.1 Å². The highest BCUT2D eigenvalue weighted by Crippen LogP contribution is 2.69. The van der Waals surface area contributed by atoms with Crippen molar-refractivity contribution < 1.29 is 64.7 Å². The zero-order valence-corrected chi connectivity index (χ0v) is 43.5. The molecule has 0 saturated heterocycles. The van der Waals surface area contributed by atoms with Crippen molar-refractivity contribution in [3.63, 3.8) is 0 Å². The van der Waals surface area contributed by atoms with E-state index in [4.69, 9.17) is 18.9 Å². The molecule has 4 aromatic carbocycles. The molecule has 0 aliphatic heterocycles. The van der Waals surface area contributed by atoms with Gasteiger partial charge in [-0.25, -0.2) is 0 Å². The standard InChI is InChI=1S/4C15H18O3.2CH4.FH.H2/c4*1-3-18-14(17)13-9(2)15(13)7-6-10-4-5-11(16)8-12(10)15;;;;/h4*4-5,8-9,13,16H,3,6-7H2,1-2H3;2*1H4;2*1H/t2*9-,13+,15+;9-,13+,15-;9-,13-,15-;;;;/m1000..../s1. The Balaban J connectivity index is 0.000000184. The second-order valence-electron chi connectivity index (χ2n) is 21.6. The summed E-state index contributed by atoms with van der Waals surface area (Å²) in [4.78, 5) is 47.9. The minimum absolute atomic E-state index is 0. The fraction of sp³-hybridized carbons (Fsp3) is 0.548. The summed E-state index contributed by atoms with van der Waals surface area (Å²) < 4.78 is 20.7. The lowest BCUT2D eigenvalue weighted by atomic mass is 9.93. The summed E-state index contributed by atoms with van der Waals surface area (Å²) in [6.45, 7) is 17.5. The Hall–Kier alpha value is -6.11. The molecule has 0 amide bonds. The molecule has 0 unspecified atom stereocenters. The van der Waals surface area contributed by atoms with E-state index in [1.54, 1.807) is 24.3 Å². The van der Waals surface area contributed by atoms with E-state index in [1.165, 1.54) is 22.3 Å². The first-order valence-corrected chi connectivity index (χ1v) is 26.4. The van der Waals surface area contributed by atoms with Gasteiger partial charge in [0.2, 0.25) is 0 Å². The Labute approximate surface area is 444 Å². The van der Waals surface area contributed by atoms with Gasteiger partial charge in [-0.2, -0.15) is 0 Å². The maximum Gasteiger partial charge on any atom is 0.310 e. The highest BCUT2D eigenvalue weighted by molar-refractivity contribution is 5.83. The Bertz CT molecular complexity index is 2420. The van der Waals surface area contributed by atoms with Crippen LogP contribution in [0.2, 0.25) is 0 Å². The van der Waals surface area contributed by atoms with Crippen LogP contribution in [-0.2, 0) is 85.5 Å². The maximum atomic E-state index is 12.0. The average Bonchev–Trinajstić information content (AvgIpc) is 4.20. The van der Waals surface area contributed by atoms with Gasteiger partial charge in [0.05, 0.1) is 50.1 Å². The van der Waals surface area contributed by atoms with Crippen molar-refractivity contribution in [2.24, 2.45) is 47.3 Å². The molecule has 4 spiro atoms. The van der Waals surface area contributed by atoms with Crippen LogP contribution in [0.5, 0.6) is 23.0 Å². The smallest absolute Gasteiger partial charge is 0.310 e. The summed E-state index contributed by atoms with van der Waals surface area (Å²) in [7, 11) is 0. The summed E-state index contributed by atoms with van der Waals surface area (Å²) in [5.74, 6) is 1.99. The lowest BCUT2D eigenvalue weighted by Crippen LogP contribution is -2.15. The topological polar surface area (TPSA) is 186 Å². The predicted octanol–water partition coefficient (Wildman–Crippen LogP) is 11.3. The second kappa shape index (κ2) is 21.9. The Morgan fingerprint density at radius 1 is 0.413 bits per heavy atom. The molecular formula is C62H83FO12. The molecule has 0 heterocycles. The number of aryl methyl sites for hydroxylation is 4. The van der Waals surface area contributed by atoms with Gasteiger partial charge in [-0.05, 0) is 196 Å². The number of hydrogen-bond donors (Lipinski definition) is 4. The summed E-state index contributed by atoms with van der Waals surface area (Å²) in [6, 6.07) is 22.1. The number of ether oxygens (including phenoxy) is 4. The van der Waals surface area contributed by atoms with Gasteiger partial charge in [0, 0.05) is 23.1 Å². The van der Waals surface area contributed by atoms with Crippen LogP contribution in [-0.4, -0.2) is 70.7 Å². The van der Waals surface area contributed by atoms with Crippen molar-refractivity contribution >= 4 is 23.9 Å². The number of esters is 4. The number of carbonyl (C=O) groups is 4. The Kier molecular flexibility index (Phi) is 16.9. The summed E-state index contributed by atoms with van der Waals surface area (Å²) in [6.07, 6.45) is 7.97. The monoisotopic (exact) mass is 1040 g/mol. The number of rotatable bonds is 8. The molecule has 0 radical (unpaired) electrons. The molecule has 12 nitrogen and oxygen atoms in total. The molecular weight excluding hydrogens is 956 g/mol. The zero-order valence-electron chi connectivity index (χ0n) is 43.5. The Morgan fingerprint density at radius 2 is 0.600 bits per heavy atom. The molecule has 4 saturated carbocycles. The van der Waals surface area contributed by atoms with Crippen LogP contribution in [0.3, 0.4) is 0 Å². The van der Waals surface area contributed by atoms with Crippen molar-refractivity contribution in [2.45, 2.75) is 143 Å². The van der Waals surface area contributed by atoms with Crippen LogP contribution in [0.25, 0.3) is 0 Å². The van der Waals surface area contributed by atoms with E-state index in [-0.39, 0.29) is 113 Å². The van der Waals surface area contributed by atoms with Gasteiger partial charge in [0.1, 0.15) is 23.0 Å². The number of phenols is 4. The third-order valence-electron chi connectivity index (χ3n) is 18.8. The highest BCUT2D eigenvalue weighted by Gasteiger charge is 2.71. The molecule has 12 rings (SSSR count). The minimum Gasteiger partial charge on any atom is -0.508 e. The minimum atomic E-state index is -0.0822. The van der Waals surface area contributed by atoms with Crippen LogP contribution in [0.15, 0.2) is 72.8 Å². The quantitative estimate of drug-likeness (QED) is 0.0968. The van der Waals surface area contributed by atoms with Gasteiger partial charge >= 0.3 is 23.9 Å². The van der Waals surface area contributed by atoms with Crippen molar-refractivity contribution in [3.8, 4) is 23.0 Å².